The number of carbonyl (C=O) groups is 1. The molecule has 0 spiro atoms. The van der Waals surface area contributed by atoms with Gasteiger partial charge in [-0.2, -0.15) is 4.31 Å². The van der Waals surface area contributed by atoms with Crippen LogP contribution >= 0.6 is 15.9 Å². The molecule has 8 nitrogen and oxygen atoms in total. The molecule has 1 aliphatic heterocycles. The number of sulfonamides is 1. The Morgan fingerprint density at radius 3 is 2.29 bits per heavy atom. The van der Waals surface area contributed by atoms with Gasteiger partial charge in [0.25, 0.3) is 0 Å². The second-order valence-corrected chi connectivity index (χ2v) is 10.2. The first-order valence-corrected chi connectivity index (χ1v) is 12.1. The lowest BCUT2D eigenvalue weighted by Crippen LogP contribution is -2.48. The Hall–Kier alpha value is -2.30. The number of nitrogens with zero attached hydrogens (tertiary/aromatic N) is 2. The summed E-state index contributed by atoms with van der Waals surface area (Å²) in [5.74, 6) is 0.0176. The molecule has 0 aromatic heterocycles. The minimum Gasteiger partial charge on any atom is -0.491 e. The van der Waals surface area contributed by atoms with Crippen molar-refractivity contribution in [3.63, 3.8) is 0 Å². The maximum absolute atomic E-state index is 13.0. The summed E-state index contributed by atoms with van der Waals surface area (Å²) >= 11 is 3.41. The summed E-state index contributed by atoms with van der Waals surface area (Å²) < 4.78 is 39.1. The molecule has 31 heavy (non-hydrogen) atoms. The second-order valence-electron chi connectivity index (χ2n) is 7.36. The molecule has 0 atom stereocenters. The molecule has 1 heterocycles. The molecule has 10 heteroatoms. The molecule has 0 bridgehead atoms. The molecule has 2 aromatic rings. The first kappa shape index (κ1) is 23.4. The lowest BCUT2D eigenvalue weighted by Gasteiger charge is -2.35. The number of ether oxygens (including phenoxy) is 2. The van der Waals surface area contributed by atoms with E-state index in [0.29, 0.717) is 37.7 Å². The number of hydrogen-bond donors (Lipinski definition) is 1. The normalized spacial score (nSPS) is 15.2. The molecule has 1 fully saturated rings. The van der Waals surface area contributed by atoms with E-state index in [4.69, 9.17) is 14.6 Å². The zero-order valence-corrected chi connectivity index (χ0v) is 19.7. The topological polar surface area (TPSA) is 96.4 Å². The highest BCUT2D eigenvalue weighted by Gasteiger charge is 2.29. The highest BCUT2D eigenvalue weighted by Crippen LogP contribution is 2.29. The van der Waals surface area contributed by atoms with Crippen LogP contribution in [0.2, 0.25) is 0 Å². The molecule has 0 amide bonds. The summed E-state index contributed by atoms with van der Waals surface area (Å²) in [5.41, 5.74) is 0.835. The van der Waals surface area contributed by atoms with E-state index in [1.54, 1.807) is 36.4 Å². The number of aliphatic carboxylic acids is 1. The number of benzene rings is 2. The number of rotatable bonds is 8. The zero-order valence-electron chi connectivity index (χ0n) is 17.3. The summed E-state index contributed by atoms with van der Waals surface area (Å²) in [5, 5.41) is 8.80. The van der Waals surface area contributed by atoms with Gasteiger partial charge in [-0.3, -0.25) is 0 Å². The summed E-state index contributed by atoms with van der Waals surface area (Å²) in [7, 11) is -3.60. The van der Waals surface area contributed by atoms with Gasteiger partial charge in [0.15, 0.2) is 6.61 Å². The van der Waals surface area contributed by atoms with Gasteiger partial charge in [0, 0.05) is 42.4 Å². The SMILES string of the molecule is CC(C)Oc1ccc(S(=O)(=O)N2CCN(c3cc(Br)cc(OCC(=O)O)c3)CC2)cc1. The highest BCUT2D eigenvalue weighted by molar-refractivity contribution is 9.10. The van der Waals surface area contributed by atoms with Crippen molar-refractivity contribution in [2.24, 2.45) is 0 Å². The predicted octanol–water partition coefficient (Wildman–Crippen LogP) is 3.21. The van der Waals surface area contributed by atoms with Crippen LogP contribution in [-0.2, 0) is 14.8 Å². The van der Waals surface area contributed by atoms with Crippen LogP contribution in [0.1, 0.15) is 13.8 Å². The zero-order chi connectivity index (χ0) is 22.6. The number of carboxylic acids is 1. The highest BCUT2D eigenvalue weighted by atomic mass is 79.9. The summed E-state index contributed by atoms with van der Waals surface area (Å²) in [6.07, 6.45) is 0.0172. The average Bonchev–Trinajstić information content (AvgIpc) is 2.72. The van der Waals surface area contributed by atoms with Gasteiger partial charge in [-0.05, 0) is 50.2 Å². The maximum atomic E-state index is 13.0. The molecule has 1 N–H and O–H groups in total. The molecular weight excluding hydrogens is 488 g/mol. The third-order valence-corrected chi connectivity index (χ3v) is 7.03. The first-order valence-electron chi connectivity index (χ1n) is 9.82. The Kier molecular flexibility index (Phi) is 7.45. The number of halogens is 1. The van der Waals surface area contributed by atoms with Crippen molar-refractivity contribution < 1.29 is 27.8 Å². The third-order valence-electron chi connectivity index (χ3n) is 4.66. The largest absolute Gasteiger partial charge is 0.491 e. The maximum Gasteiger partial charge on any atom is 0.341 e. The third kappa shape index (κ3) is 6.11. The molecular formula is C21H25BrN2O6S. The number of hydrogen-bond acceptors (Lipinski definition) is 6. The van der Waals surface area contributed by atoms with Gasteiger partial charge in [-0.1, -0.05) is 15.9 Å². The van der Waals surface area contributed by atoms with Crippen LogP contribution in [-0.4, -0.2) is 62.7 Å². The van der Waals surface area contributed by atoms with Gasteiger partial charge in [-0.15, -0.1) is 0 Å². The fourth-order valence-corrected chi connectivity index (χ4v) is 5.14. The minimum atomic E-state index is -3.60. The first-order chi connectivity index (χ1) is 14.6. The molecule has 168 valence electrons. The summed E-state index contributed by atoms with van der Waals surface area (Å²) in [6, 6.07) is 11.8. The van der Waals surface area contributed by atoms with Crippen molar-refractivity contribution in [1.82, 2.24) is 4.31 Å². The van der Waals surface area contributed by atoms with Crippen LogP contribution in [0.4, 0.5) is 5.69 Å². The molecule has 0 aliphatic carbocycles. The summed E-state index contributed by atoms with van der Waals surface area (Å²) in [4.78, 5) is 13.0. The van der Waals surface area contributed by atoms with Gasteiger partial charge in [-0.25, -0.2) is 13.2 Å². The van der Waals surface area contributed by atoms with E-state index in [0.717, 1.165) is 10.2 Å². The molecule has 0 unspecified atom stereocenters. The monoisotopic (exact) mass is 512 g/mol. The van der Waals surface area contributed by atoms with Crippen molar-refractivity contribution in [3.05, 3.63) is 46.9 Å². The van der Waals surface area contributed by atoms with Crippen molar-refractivity contribution in [2.75, 3.05) is 37.7 Å². The van der Waals surface area contributed by atoms with Crippen LogP contribution in [0.5, 0.6) is 11.5 Å². The minimum absolute atomic E-state index is 0.0172. The predicted molar refractivity (Wildman–Crippen MR) is 120 cm³/mol. The Labute approximate surface area is 190 Å². The van der Waals surface area contributed by atoms with Gasteiger partial charge in [0.1, 0.15) is 11.5 Å². The van der Waals surface area contributed by atoms with E-state index in [-0.39, 0.29) is 11.0 Å². The molecule has 1 aliphatic rings. The quantitative estimate of drug-likeness (QED) is 0.579. The van der Waals surface area contributed by atoms with Crippen LogP contribution < -0.4 is 14.4 Å². The van der Waals surface area contributed by atoms with E-state index in [9.17, 15) is 13.2 Å². The van der Waals surface area contributed by atoms with Crippen molar-refractivity contribution in [3.8, 4) is 11.5 Å². The van der Waals surface area contributed by atoms with E-state index >= 15 is 0 Å². The molecule has 2 aromatic carbocycles. The number of piperazine rings is 1. The van der Waals surface area contributed by atoms with Gasteiger partial charge >= 0.3 is 5.97 Å². The Bertz CT molecular complexity index is 1020. The Morgan fingerprint density at radius 1 is 1.06 bits per heavy atom. The molecule has 0 radical (unpaired) electrons. The lowest BCUT2D eigenvalue weighted by atomic mass is 10.2. The van der Waals surface area contributed by atoms with Crippen LogP contribution in [0, 0.1) is 0 Å². The van der Waals surface area contributed by atoms with E-state index < -0.39 is 22.6 Å². The Balaban J connectivity index is 1.66. The average molecular weight is 513 g/mol. The van der Waals surface area contributed by atoms with Gasteiger partial charge in [0.2, 0.25) is 10.0 Å². The summed E-state index contributed by atoms with van der Waals surface area (Å²) in [6.45, 7) is 5.08. The standard InChI is InChI=1S/C21H25BrN2O6S/c1-15(2)30-18-3-5-20(6-4-18)31(27,28)24-9-7-23(8-10-24)17-11-16(22)12-19(13-17)29-14-21(25)26/h3-6,11-13,15H,7-10,14H2,1-2H3,(H,25,26). The van der Waals surface area contributed by atoms with E-state index in [2.05, 4.69) is 15.9 Å². The number of anilines is 1. The van der Waals surface area contributed by atoms with Gasteiger partial charge < -0.3 is 19.5 Å². The molecule has 1 saturated heterocycles. The van der Waals surface area contributed by atoms with Crippen molar-refractivity contribution >= 4 is 37.6 Å². The molecule has 3 rings (SSSR count). The smallest absolute Gasteiger partial charge is 0.341 e. The molecule has 0 saturated carbocycles. The second kappa shape index (κ2) is 9.88. The lowest BCUT2D eigenvalue weighted by molar-refractivity contribution is -0.139. The van der Waals surface area contributed by atoms with Crippen molar-refractivity contribution in [2.45, 2.75) is 24.8 Å². The van der Waals surface area contributed by atoms with E-state index in [1.807, 2.05) is 24.8 Å². The van der Waals surface area contributed by atoms with E-state index in [1.165, 1.54) is 4.31 Å². The number of carboxylic acid groups (broad SMARTS) is 1. The van der Waals surface area contributed by atoms with Crippen LogP contribution in [0.3, 0.4) is 0 Å². The van der Waals surface area contributed by atoms with Crippen molar-refractivity contribution in [1.29, 1.82) is 0 Å². The fourth-order valence-electron chi connectivity index (χ4n) is 3.26. The van der Waals surface area contributed by atoms with Gasteiger partial charge in [0.05, 0.1) is 11.0 Å². The Morgan fingerprint density at radius 2 is 1.71 bits per heavy atom. The van der Waals surface area contributed by atoms with Crippen LogP contribution in [0.15, 0.2) is 51.8 Å². The van der Waals surface area contributed by atoms with Crippen LogP contribution in [0.25, 0.3) is 0 Å². The fraction of sp³-hybridized carbons (Fsp3) is 0.381.